The van der Waals surface area contributed by atoms with Gasteiger partial charge in [-0.15, -0.1) is 0 Å². The van der Waals surface area contributed by atoms with Crippen LogP contribution in [-0.2, 0) is 0 Å². The molecule has 1 atom stereocenters. The number of rotatable bonds is 8. The van der Waals surface area contributed by atoms with Crippen molar-refractivity contribution in [2.75, 3.05) is 11.9 Å². The summed E-state index contributed by atoms with van der Waals surface area (Å²) in [5.74, 6) is 1.30. The molecular weight excluding hydrogens is 250 g/mol. The van der Waals surface area contributed by atoms with Crippen LogP contribution >= 0.6 is 0 Å². The monoisotopic (exact) mass is 277 g/mol. The molecule has 0 saturated carbocycles. The first-order valence-corrected chi connectivity index (χ1v) is 7.63. The summed E-state index contributed by atoms with van der Waals surface area (Å²) >= 11 is 0. The highest BCUT2D eigenvalue weighted by molar-refractivity contribution is 5.94. The van der Waals surface area contributed by atoms with Gasteiger partial charge in [-0.1, -0.05) is 33.6 Å². The molecule has 0 fully saturated rings. The number of anilines is 1. The van der Waals surface area contributed by atoms with Crippen LogP contribution in [0.25, 0.3) is 0 Å². The molecule has 1 unspecified atom stereocenters. The van der Waals surface area contributed by atoms with Crippen molar-refractivity contribution >= 4 is 11.7 Å². The van der Waals surface area contributed by atoms with Crippen LogP contribution in [0, 0.1) is 5.92 Å². The van der Waals surface area contributed by atoms with Crippen molar-refractivity contribution in [1.29, 1.82) is 0 Å². The van der Waals surface area contributed by atoms with Crippen LogP contribution in [0.4, 0.5) is 5.82 Å². The Hall–Kier alpha value is -1.58. The molecule has 0 saturated heterocycles. The predicted octanol–water partition coefficient (Wildman–Crippen LogP) is 3.46. The van der Waals surface area contributed by atoms with E-state index in [9.17, 15) is 4.79 Å². The third-order valence-corrected chi connectivity index (χ3v) is 3.70. The van der Waals surface area contributed by atoms with Crippen molar-refractivity contribution < 1.29 is 4.79 Å². The quantitative estimate of drug-likeness (QED) is 0.765. The number of amides is 1. The van der Waals surface area contributed by atoms with Gasteiger partial charge in [-0.2, -0.15) is 0 Å². The van der Waals surface area contributed by atoms with Crippen molar-refractivity contribution in [3.63, 3.8) is 0 Å². The molecule has 0 aliphatic carbocycles. The van der Waals surface area contributed by atoms with Gasteiger partial charge in [0, 0.05) is 18.8 Å². The molecule has 2 N–H and O–H groups in total. The number of carbonyl (C=O) groups excluding carboxylic acids is 1. The van der Waals surface area contributed by atoms with E-state index < -0.39 is 0 Å². The van der Waals surface area contributed by atoms with Crippen molar-refractivity contribution in [3.8, 4) is 0 Å². The molecular formula is C16H27N3O. The molecule has 1 aromatic heterocycles. The first-order chi connectivity index (χ1) is 9.62. The number of nitrogens with one attached hydrogen (secondary N) is 2. The van der Waals surface area contributed by atoms with Gasteiger partial charge in [0.05, 0.1) is 5.56 Å². The van der Waals surface area contributed by atoms with Crippen molar-refractivity contribution in [1.82, 2.24) is 10.3 Å². The topological polar surface area (TPSA) is 54.0 Å². The third kappa shape index (κ3) is 4.83. The number of hydrogen-bond acceptors (Lipinski definition) is 3. The second kappa shape index (κ2) is 8.56. The molecule has 20 heavy (non-hydrogen) atoms. The van der Waals surface area contributed by atoms with E-state index in [0.29, 0.717) is 11.5 Å². The Balaban J connectivity index is 2.59. The number of hydrogen-bond donors (Lipinski definition) is 2. The maximum absolute atomic E-state index is 12.1. The first-order valence-electron chi connectivity index (χ1n) is 7.63. The van der Waals surface area contributed by atoms with E-state index in [0.717, 1.165) is 31.6 Å². The summed E-state index contributed by atoms with van der Waals surface area (Å²) in [6.45, 7) is 9.39. The molecule has 1 rings (SSSR count). The maximum Gasteiger partial charge on any atom is 0.253 e. The largest absolute Gasteiger partial charge is 0.370 e. The Labute approximate surface area is 122 Å². The number of nitrogens with zero attached hydrogens (tertiary/aromatic N) is 1. The van der Waals surface area contributed by atoms with Crippen molar-refractivity contribution in [2.45, 2.75) is 53.0 Å². The fourth-order valence-corrected chi connectivity index (χ4v) is 2.29. The normalized spacial score (nSPS) is 12.2. The van der Waals surface area contributed by atoms with E-state index in [4.69, 9.17) is 0 Å². The number of pyridine rings is 1. The molecule has 0 aliphatic heterocycles. The lowest BCUT2D eigenvalue weighted by Gasteiger charge is -2.22. The Bertz CT molecular complexity index is 399. The summed E-state index contributed by atoms with van der Waals surface area (Å²) in [6.07, 6.45) is 4.84. The number of aromatic nitrogens is 1. The highest BCUT2D eigenvalue weighted by Crippen LogP contribution is 2.13. The lowest BCUT2D eigenvalue weighted by atomic mass is 9.95. The van der Waals surface area contributed by atoms with Gasteiger partial charge in [0.2, 0.25) is 0 Å². The molecule has 0 spiro atoms. The second-order valence-electron chi connectivity index (χ2n) is 5.20. The van der Waals surface area contributed by atoms with Crippen LogP contribution in [0.1, 0.15) is 57.3 Å². The Morgan fingerprint density at radius 1 is 1.25 bits per heavy atom. The minimum absolute atomic E-state index is 0.0426. The molecule has 0 radical (unpaired) electrons. The van der Waals surface area contributed by atoms with Gasteiger partial charge in [0.15, 0.2) is 0 Å². The van der Waals surface area contributed by atoms with E-state index >= 15 is 0 Å². The summed E-state index contributed by atoms with van der Waals surface area (Å²) in [4.78, 5) is 16.4. The van der Waals surface area contributed by atoms with Crippen LogP contribution in [0.2, 0.25) is 0 Å². The van der Waals surface area contributed by atoms with E-state index in [-0.39, 0.29) is 11.9 Å². The van der Waals surface area contributed by atoms with E-state index in [1.54, 1.807) is 6.20 Å². The van der Waals surface area contributed by atoms with E-state index in [1.165, 1.54) is 0 Å². The van der Waals surface area contributed by atoms with Gasteiger partial charge in [0.1, 0.15) is 5.82 Å². The van der Waals surface area contributed by atoms with Crippen LogP contribution in [-0.4, -0.2) is 23.5 Å². The maximum atomic E-state index is 12.1. The fourth-order valence-electron chi connectivity index (χ4n) is 2.29. The third-order valence-electron chi connectivity index (χ3n) is 3.70. The van der Waals surface area contributed by atoms with Crippen molar-refractivity contribution in [2.24, 2.45) is 5.92 Å². The van der Waals surface area contributed by atoms with Gasteiger partial charge in [-0.3, -0.25) is 4.79 Å². The zero-order valence-corrected chi connectivity index (χ0v) is 13.1. The Morgan fingerprint density at radius 2 is 1.95 bits per heavy atom. The highest BCUT2D eigenvalue weighted by atomic mass is 16.1. The molecule has 0 aliphatic rings. The zero-order valence-electron chi connectivity index (χ0n) is 13.1. The van der Waals surface area contributed by atoms with Crippen LogP contribution in [0.15, 0.2) is 18.3 Å². The summed E-state index contributed by atoms with van der Waals surface area (Å²) in [6, 6.07) is 3.86. The standard InChI is InChI=1S/C16H27N3O/c1-5-10-17-15-9-8-14(11-18-15)16(20)19-12(4)13(6-2)7-3/h8-9,11-13H,5-7,10H2,1-4H3,(H,17,18)(H,19,20). The average Bonchev–Trinajstić information content (AvgIpc) is 2.46. The van der Waals surface area contributed by atoms with E-state index in [2.05, 4.69) is 43.3 Å². The molecule has 112 valence electrons. The van der Waals surface area contributed by atoms with Crippen LogP contribution in [0.3, 0.4) is 0 Å². The minimum Gasteiger partial charge on any atom is -0.370 e. The van der Waals surface area contributed by atoms with Crippen molar-refractivity contribution in [3.05, 3.63) is 23.9 Å². The zero-order chi connectivity index (χ0) is 15.0. The lowest BCUT2D eigenvalue weighted by Crippen LogP contribution is -2.37. The predicted molar refractivity (Wildman–Crippen MR) is 84.0 cm³/mol. The van der Waals surface area contributed by atoms with Gasteiger partial charge in [-0.25, -0.2) is 4.98 Å². The average molecular weight is 277 g/mol. The van der Waals surface area contributed by atoms with Crippen LogP contribution in [0.5, 0.6) is 0 Å². The Kier molecular flexibility index (Phi) is 7.05. The molecule has 1 amide bonds. The van der Waals surface area contributed by atoms with Gasteiger partial charge in [-0.05, 0) is 31.4 Å². The molecule has 1 heterocycles. The van der Waals surface area contributed by atoms with Gasteiger partial charge < -0.3 is 10.6 Å². The SMILES string of the molecule is CCCNc1ccc(C(=O)NC(C)C(CC)CC)cn1. The van der Waals surface area contributed by atoms with Crippen LogP contribution < -0.4 is 10.6 Å². The summed E-state index contributed by atoms with van der Waals surface area (Å²) in [5.41, 5.74) is 0.616. The smallest absolute Gasteiger partial charge is 0.253 e. The summed E-state index contributed by atoms with van der Waals surface area (Å²) < 4.78 is 0. The molecule has 4 heteroatoms. The summed E-state index contributed by atoms with van der Waals surface area (Å²) in [5, 5.41) is 6.26. The second-order valence-corrected chi connectivity index (χ2v) is 5.20. The summed E-state index contributed by atoms with van der Waals surface area (Å²) in [7, 11) is 0. The minimum atomic E-state index is -0.0426. The van der Waals surface area contributed by atoms with E-state index in [1.807, 2.05) is 12.1 Å². The van der Waals surface area contributed by atoms with Gasteiger partial charge in [0.25, 0.3) is 5.91 Å². The highest BCUT2D eigenvalue weighted by Gasteiger charge is 2.16. The lowest BCUT2D eigenvalue weighted by molar-refractivity contribution is 0.0925. The molecule has 1 aromatic rings. The molecule has 0 bridgehead atoms. The molecule has 4 nitrogen and oxygen atoms in total. The number of carbonyl (C=O) groups is 1. The van der Waals surface area contributed by atoms with Gasteiger partial charge >= 0.3 is 0 Å². The molecule has 0 aromatic carbocycles. The first kappa shape index (κ1) is 16.5. The fraction of sp³-hybridized carbons (Fsp3) is 0.625. The Morgan fingerprint density at radius 3 is 2.45 bits per heavy atom.